The topological polar surface area (TPSA) is 53.6 Å². The lowest BCUT2D eigenvalue weighted by Gasteiger charge is -2.02. The van der Waals surface area contributed by atoms with Crippen molar-refractivity contribution in [2.24, 2.45) is 0 Å². The van der Waals surface area contributed by atoms with Crippen LogP contribution in [0.25, 0.3) is 11.2 Å². The van der Waals surface area contributed by atoms with E-state index in [-0.39, 0.29) is 0 Å². The quantitative estimate of drug-likeness (QED) is 0.737. The van der Waals surface area contributed by atoms with E-state index < -0.39 is 0 Å². The van der Waals surface area contributed by atoms with Crippen molar-refractivity contribution in [2.75, 3.05) is 5.32 Å². The lowest BCUT2D eigenvalue weighted by molar-refractivity contribution is 1.01. The fourth-order valence-electron chi connectivity index (χ4n) is 1.86. The van der Waals surface area contributed by atoms with Crippen molar-refractivity contribution >= 4 is 16.9 Å². The third-order valence-electron chi connectivity index (χ3n) is 2.77. The molecule has 0 bridgehead atoms. The Morgan fingerprint density at radius 2 is 1.89 bits per heavy atom. The maximum Gasteiger partial charge on any atom is 0.178 e. The molecule has 0 amide bonds. The lowest BCUT2D eigenvalue weighted by atomic mass is 10.3. The smallest absolute Gasteiger partial charge is 0.178 e. The summed E-state index contributed by atoms with van der Waals surface area (Å²) in [6.07, 6.45) is 0. The predicted molar refractivity (Wildman–Crippen MR) is 72.4 cm³/mol. The Kier molecular flexibility index (Phi) is 2.68. The van der Waals surface area contributed by atoms with Crippen LogP contribution in [-0.2, 0) is 6.54 Å². The van der Waals surface area contributed by atoms with E-state index in [1.165, 1.54) is 0 Å². The molecule has 2 N–H and O–H groups in total. The van der Waals surface area contributed by atoms with E-state index in [1.807, 2.05) is 49.4 Å². The van der Waals surface area contributed by atoms with Crippen molar-refractivity contribution in [1.82, 2.24) is 15.0 Å². The molecule has 0 unspecified atom stereocenters. The average Bonchev–Trinajstić information content (AvgIpc) is 2.79. The van der Waals surface area contributed by atoms with Crippen LogP contribution in [0.15, 0.2) is 42.5 Å². The summed E-state index contributed by atoms with van der Waals surface area (Å²) in [5.41, 5.74) is 3.82. The first-order chi connectivity index (χ1) is 8.81. The van der Waals surface area contributed by atoms with E-state index in [0.717, 1.165) is 28.4 Å². The summed E-state index contributed by atoms with van der Waals surface area (Å²) in [5.74, 6) is 0.895. The van der Waals surface area contributed by atoms with Gasteiger partial charge in [-0.2, -0.15) is 0 Å². The van der Waals surface area contributed by atoms with Crippen LogP contribution >= 0.6 is 0 Å². The van der Waals surface area contributed by atoms with Gasteiger partial charge in [0.2, 0.25) is 0 Å². The Labute approximate surface area is 105 Å². The first-order valence-electron chi connectivity index (χ1n) is 5.92. The minimum Gasteiger partial charge on any atom is -0.378 e. The molecule has 0 aliphatic rings. The molecule has 4 heteroatoms. The van der Waals surface area contributed by atoms with Gasteiger partial charge in [0.25, 0.3) is 0 Å². The van der Waals surface area contributed by atoms with Gasteiger partial charge in [-0.25, -0.2) is 9.97 Å². The Morgan fingerprint density at radius 1 is 1.06 bits per heavy atom. The summed E-state index contributed by atoms with van der Waals surface area (Å²) >= 11 is 0. The fourth-order valence-corrected chi connectivity index (χ4v) is 1.86. The number of aromatic nitrogens is 3. The van der Waals surface area contributed by atoms with Crippen molar-refractivity contribution in [3.8, 4) is 0 Å². The molecule has 4 nitrogen and oxygen atoms in total. The minimum atomic E-state index is 0.666. The lowest BCUT2D eigenvalue weighted by Crippen LogP contribution is -2.00. The normalized spacial score (nSPS) is 10.7. The Hall–Kier alpha value is -2.36. The number of benzene rings is 1. The number of fused-ring (bicyclic) bond motifs is 1. The van der Waals surface area contributed by atoms with Gasteiger partial charge in [0.15, 0.2) is 5.65 Å². The number of hydrogen-bond acceptors (Lipinski definition) is 3. The summed E-state index contributed by atoms with van der Waals surface area (Å²) in [6.45, 7) is 2.63. The first kappa shape index (κ1) is 10.8. The highest BCUT2D eigenvalue weighted by molar-refractivity contribution is 5.70. The zero-order chi connectivity index (χ0) is 12.4. The maximum absolute atomic E-state index is 4.46. The molecule has 0 radical (unpaired) electrons. The zero-order valence-corrected chi connectivity index (χ0v) is 10.1. The second-order valence-corrected chi connectivity index (χ2v) is 4.23. The summed E-state index contributed by atoms with van der Waals surface area (Å²) in [6, 6.07) is 14.1. The Balaban J connectivity index is 1.79. The van der Waals surface area contributed by atoms with E-state index in [1.54, 1.807) is 0 Å². The number of nitrogens with zero attached hydrogens (tertiary/aromatic N) is 2. The molecule has 0 saturated carbocycles. The minimum absolute atomic E-state index is 0.666. The standard InChI is InChI=1S/C14H14N4/c1-10-7-8-12-14(16-10)18-13(17-12)9-15-11-5-3-2-4-6-11/h2-8,15H,9H2,1H3,(H,16,17,18). The van der Waals surface area contributed by atoms with Crippen molar-refractivity contribution in [1.29, 1.82) is 0 Å². The molecule has 2 heterocycles. The molecule has 0 spiro atoms. The number of hydrogen-bond donors (Lipinski definition) is 2. The van der Waals surface area contributed by atoms with Crippen molar-refractivity contribution in [3.05, 3.63) is 54.0 Å². The van der Waals surface area contributed by atoms with Gasteiger partial charge in [-0.3, -0.25) is 0 Å². The highest BCUT2D eigenvalue weighted by Gasteiger charge is 2.03. The number of H-pyrrole nitrogens is 1. The van der Waals surface area contributed by atoms with Crippen molar-refractivity contribution in [3.63, 3.8) is 0 Å². The van der Waals surface area contributed by atoms with Crippen LogP contribution in [0, 0.1) is 6.92 Å². The SMILES string of the molecule is Cc1ccc2[nH]c(CNc3ccccc3)nc2n1. The molecule has 0 aliphatic heterocycles. The van der Waals surface area contributed by atoms with Gasteiger partial charge in [0, 0.05) is 11.4 Å². The largest absolute Gasteiger partial charge is 0.378 e. The van der Waals surface area contributed by atoms with Crippen LogP contribution < -0.4 is 5.32 Å². The van der Waals surface area contributed by atoms with Crippen LogP contribution in [0.2, 0.25) is 0 Å². The monoisotopic (exact) mass is 238 g/mol. The molecule has 0 atom stereocenters. The zero-order valence-electron chi connectivity index (χ0n) is 10.1. The Morgan fingerprint density at radius 3 is 2.72 bits per heavy atom. The maximum atomic E-state index is 4.46. The van der Waals surface area contributed by atoms with Crippen molar-refractivity contribution in [2.45, 2.75) is 13.5 Å². The van der Waals surface area contributed by atoms with Gasteiger partial charge in [-0.1, -0.05) is 18.2 Å². The number of pyridine rings is 1. The number of anilines is 1. The van der Waals surface area contributed by atoms with Gasteiger partial charge >= 0.3 is 0 Å². The number of rotatable bonds is 3. The molecule has 1 aromatic carbocycles. The molecule has 2 aromatic heterocycles. The van der Waals surface area contributed by atoms with E-state index in [2.05, 4.69) is 20.3 Å². The van der Waals surface area contributed by atoms with Gasteiger partial charge in [0.1, 0.15) is 5.82 Å². The molecule has 3 rings (SSSR count). The highest BCUT2D eigenvalue weighted by Crippen LogP contribution is 2.11. The summed E-state index contributed by atoms with van der Waals surface area (Å²) < 4.78 is 0. The van der Waals surface area contributed by atoms with Gasteiger partial charge in [0.05, 0.1) is 12.1 Å². The molecular formula is C14H14N4. The molecule has 0 saturated heterocycles. The van der Waals surface area contributed by atoms with E-state index in [4.69, 9.17) is 0 Å². The number of aromatic amines is 1. The van der Waals surface area contributed by atoms with Crippen LogP contribution in [0.4, 0.5) is 5.69 Å². The molecule has 18 heavy (non-hydrogen) atoms. The summed E-state index contributed by atoms with van der Waals surface area (Å²) in [7, 11) is 0. The highest BCUT2D eigenvalue weighted by atomic mass is 15.0. The van der Waals surface area contributed by atoms with E-state index >= 15 is 0 Å². The van der Waals surface area contributed by atoms with Gasteiger partial charge in [-0.15, -0.1) is 0 Å². The van der Waals surface area contributed by atoms with E-state index in [0.29, 0.717) is 6.54 Å². The third-order valence-corrected chi connectivity index (χ3v) is 2.77. The van der Waals surface area contributed by atoms with Crippen LogP contribution in [0.5, 0.6) is 0 Å². The third kappa shape index (κ3) is 2.18. The Bertz CT molecular complexity index is 658. The summed E-state index contributed by atoms with van der Waals surface area (Å²) in [5, 5.41) is 3.31. The van der Waals surface area contributed by atoms with Gasteiger partial charge < -0.3 is 10.3 Å². The molecular weight excluding hydrogens is 224 g/mol. The van der Waals surface area contributed by atoms with E-state index in [9.17, 15) is 0 Å². The molecule has 90 valence electrons. The second kappa shape index (κ2) is 4.49. The van der Waals surface area contributed by atoms with Crippen LogP contribution in [0.1, 0.15) is 11.5 Å². The second-order valence-electron chi connectivity index (χ2n) is 4.23. The predicted octanol–water partition coefficient (Wildman–Crippen LogP) is 2.88. The number of aryl methyl sites for hydroxylation is 1. The fraction of sp³-hybridized carbons (Fsp3) is 0.143. The molecule has 3 aromatic rings. The summed E-state index contributed by atoms with van der Waals surface area (Å²) in [4.78, 5) is 12.1. The van der Waals surface area contributed by atoms with Gasteiger partial charge in [-0.05, 0) is 31.2 Å². The first-order valence-corrected chi connectivity index (χ1v) is 5.92. The molecule has 0 fully saturated rings. The molecule has 0 aliphatic carbocycles. The number of nitrogens with one attached hydrogen (secondary N) is 2. The van der Waals surface area contributed by atoms with Crippen molar-refractivity contribution < 1.29 is 0 Å². The number of imidazole rings is 1. The average molecular weight is 238 g/mol. The van der Waals surface area contributed by atoms with Crippen LogP contribution in [0.3, 0.4) is 0 Å². The number of para-hydroxylation sites is 1. The van der Waals surface area contributed by atoms with Crippen LogP contribution in [-0.4, -0.2) is 15.0 Å².